The summed E-state index contributed by atoms with van der Waals surface area (Å²) in [6.45, 7) is 8.66. The number of nitrogen functional groups attached to an aromatic ring is 1. The van der Waals surface area contributed by atoms with E-state index in [2.05, 4.69) is 22.9 Å². The number of aliphatic carboxylic acids is 1. The highest BCUT2D eigenvalue weighted by Crippen LogP contribution is 2.27. The molecule has 3 amide bonds. The Morgan fingerprint density at radius 3 is 2.50 bits per heavy atom. The zero-order chi connectivity index (χ0) is 32.0. The Bertz CT molecular complexity index is 1380. The molecule has 0 aliphatic carbocycles. The average molecular weight is 610 g/mol. The van der Waals surface area contributed by atoms with Crippen molar-refractivity contribution in [3.63, 3.8) is 0 Å². The van der Waals surface area contributed by atoms with Gasteiger partial charge in [0, 0.05) is 42.5 Å². The van der Waals surface area contributed by atoms with Crippen molar-refractivity contribution in [1.29, 1.82) is 5.41 Å². The molecule has 0 spiro atoms. The minimum Gasteiger partial charge on any atom is -0.480 e. The summed E-state index contributed by atoms with van der Waals surface area (Å²) < 4.78 is 2.24. The lowest BCUT2D eigenvalue weighted by Gasteiger charge is -2.34. The Balaban J connectivity index is 1.35. The summed E-state index contributed by atoms with van der Waals surface area (Å²) in [4.78, 5) is 56.4. The second kappa shape index (κ2) is 14.7. The number of aromatic nitrogens is 1. The highest BCUT2D eigenvalue weighted by Gasteiger charge is 2.35. The molecule has 2 aliphatic heterocycles. The van der Waals surface area contributed by atoms with Crippen LogP contribution in [0.5, 0.6) is 0 Å². The summed E-state index contributed by atoms with van der Waals surface area (Å²) in [6, 6.07) is 6.36. The van der Waals surface area contributed by atoms with Gasteiger partial charge in [-0.25, -0.2) is 0 Å². The number of carbonyl (C=O) groups is 4. The van der Waals surface area contributed by atoms with Gasteiger partial charge in [-0.05, 0) is 76.1 Å². The number of carboxylic acid groups (broad SMARTS) is 1. The molecule has 0 unspecified atom stereocenters. The van der Waals surface area contributed by atoms with Gasteiger partial charge in [-0.3, -0.25) is 29.5 Å². The van der Waals surface area contributed by atoms with Crippen LogP contribution in [0.15, 0.2) is 24.3 Å². The van der Waals surface area contributed by atoms with Crippen molar-refractivity contribution in [2.75, 3.05) is 32.7 Å². The van der Waals surface area contributed by atoms with E-state index in [-0.39, 0.29) is 36.7 Å². The lowest BCUT2D eigenvalue weighted by atomic mass is 10.0. The zero-order valence-corrected chi connectivity index (χ0v) is 26.2. The van der Waals surface area contributed by atoms with Crippen molar-refractivity contribution in [2.45, 2.75) is 90.4 Å². The zero-order valence-electron chi connectivity index (χ0n) is 26.2. The van der Waals surface area contributed by atoms with E-state index in [0.717, 1.165) is 43.1 Å². The normalized spacial score (nSPS) is 19.5. The molecule has 240 valence electrons. The Labute approximate surface area is 259 Å². The van der Waals surface area contributed by atoms with Crippen molar-refractivity contribution in [3.8, 4) is 0 Å². The van der Waals surface area contributed by atoms with Gasteiger partial charge in [0.15, 0.2) is 0 Å². The first-order valence-corrected chi connectivity index (χ1v) is 15.9. The van der Waals surface area contributed by atoms with E-state index >= 15 is 0 Å². The number of hydrogen-bond donors (Lipinski definition) is 4. The molecule has 12 nitrogen and oxygen atoms in total. The molecule has 4 rings (SSSR count). The molecule has 2 fully saturated rings. The highest BCUT2D eigenvalue weighted by molar-refractivity contribution is 5.98. The van der Waals surface area contributed by atoms with Crippen molar-refractivity contribution in [3.05, 3.63) is 35.5 Å². The maximum atomic E-state index is 13.5. The fraction of sp³-hybridized carbons (Fsp3) is 0.594. The first kappa shape index (κ1) is 33.0. The predicted molar refractivity (Wildman–Crippen MR) is 168 cm³/mol. The first-order valence-electron chi connectivity index (χ1n) is 15.9. The standard InChI is InChI=1S/C32H47N7O5/c1-4-36(5-2)27(32(43)44)19-28(40)35-25-10-8-15-37(31(25)42)20-29(41)39-16-7-9-23(39)13-14-24-17-21-11-12-22(30(33)34)18-26(21)38(24)6-3/h11-12,17-18,23,25,27H,4-10,13-16,19-20H2,1-3H3,(H3,33,34)(H,35,40)(H,43,44)/t23-,25-,27-/m0/s1. The summed E-state index contributed by atoms with van der Waals surface area (Å²) >= 11 is 0. The molecular formula is C32H47N7O5. The number of amides is 3. The number of nitrogens with zero attached hydrogens (tertiary/aromatic N) is 4. The lowest BCUT2D eigenvalue weighted by Crippen LogP contribution is -2.55. The van der Waals surface area contributed by atoms with Gasteiger partial charge in [0.1, 0.15) is 17.9 Å². The molecule has 12 heteroatoms. The van der Waals surface area contributed by atoms with Gasteiger partial charge in [-0.2, -0.15) is 0 Å². The molecule has 44 heavy (non-hydrogen) atoms. The Morgan fingerprint density at radius 1 is 1.11 bits per heavy atom. The van der Waals surface area contributed by atoms with Crippen LogP contribution in [0, 0.1) is 5.41 Å². The van der Waals surface area contributed by atoms with Crippen LogP contribution in [0.1, 0.15) is 70.6 Å². The van der Waals surface area contributed by atoms with E-state index in [1.165, 1.54) is 10.6 Å². The number of fused-ring (bicyclic) bond motifs is 1. The number of benzene rings is 1. The van der Waals surface area contributed by atoms with Crippen molar-refractivity contribution < 1.29 is 24.3 Å². The first-order chi connectivity index (χ1) is 21.1. The van der Waals surface area contributed by atoms with Crippen molar-refractivity contribution in [2.24, 2.45) is 5.73 Å². The van der Waals surface area contributed by atoms with E-state index < -0.39 is 24.0 Å². The third kappa shape index (κ3) is 7.40. The van der Waals surface area contributed by atoms with Gasteiger partial charge in [-0.1, -0.05) is 26.0 Å². The maximum Gasteiger partial charge on any atom is 0.321 e. The van der Waals surface area contributed by atoms with Crippen molar-refractivity contribution >= 4 is 40.4 Å². The molecule has 2 saturated heterocycles. The quantitative estimate of drug-likeness (QED) is 0.188. The lowest BCUT2D eigenvalue weighted by molar-refractivity contribution is -0.147. The fourth-order valence-electron chi connectivity index (χ4n) is 6.79. The smallest absolute Gasteiger partial charge is 0.321 e. The van der Waals surface area contributed by atoms with Crippen molar-refractivity contribution in [1.82, 2.24) is 24.6 Å². The van der Waals surface area contributed by atoms with Crippen LogP contribution >= 0.6 is 0 Å². The molecule has 5 N–H and O–H groups in total. The minimum atomic E-state index is -1.07. The molecule has 0 saturated carbocycles. The molecular weight excluding hydrogens is 562 g/mol. The van der Waals surface area contributed by atoms with Crippen LogP contribution in [-0.2, 0) is 32.1 Å². The summed E-state index contributed by atoms with van der Waals surface area (Å²) in [5.41, 5.74) is 8.63. The predicted octanol–water partition coefficient (Wildman–Crippen LogP) is 2.16. The molecule has 0 radical (unpaired) electrons. The summed E-state index contributed by atoms with van der Waals surface area (Å²) in [5, 5.41) is 21.2. The average Bonchev–Trinajstić information content (AvgIpc) is 3.61. The van der Waals surface area contributed by atoms with Crippen LogP contribution in [0.4, 0.5) is 0 Å². The van der Waals surface area contributed by atoms with Gasteiger partial charge < -0.3 is 30.5 Å². The van der Waals surface area contributed by atoms with E-state index in [1.807, 2.05) is 36.9 Å². The molecule has 1 aromatic heterocycles. The highest BCUT2D eigenvalue weighted by atomic mass is 16.4. The minimum absolute atomic E-state index is 0.0258. The number of nitrogens with one attached hydrogen (secondary N) is 2. The third-order valence-corrected chi connectivity index (χ3v) is 9.16. The number of likely N-dealkylation sites (N-methyl/N-ethyl adjacent to an activating group) is 1. The molecule has 0 bridgehead atoms. The monoisotopic (exact) mass is 609 g/mol. The fourth-order valence-corrected chi connectivity index (χ4v) is 6.79. The molecule has 3 heterocycles. The van der Waals surface area contributed by atoms with E-state index in [0.29, 0.717) is 44.6 Å². The Kier molecular flexibility index (Phi) is 11.0. The largest absolute Gasteiger partial charge is 0.480 e. The summed E-state index contributed by atoms with van der Waals surface area (Å²) in [7, 11) is 0. The van der Waals surface area contributed by atoms with Crippen LogP contribution in [0.2, 0.25) is 0 Å². The number of aryl methyl sites for hydroxylation is 2. The SMILES string of the molecule is CCN(CC)[C@@H](CC(=O)N[C@H]1CCCN(CC(=O)N2CCC[C@H]2CCc2cc3ccc(C(=N)N)cc3n2CC)C1=O)C(=O)O. The second-order valence-electron chi connectivity index (χ2n) is 11.8. The second-order valence-corrected chi connectivity index (χ2v) is 11.8. The topological polar surface area (TPSA) is 165 Å². The number of amidine groups is 1. The van der Waals surface area contributed by atoms with Gasteiger partial charge in [-0.15, -0.1) is 0 Å². The van der Waals surface area contributed by atoms with Crippen LogP contribution in [0.3, 0.4) is 0 Å². The number of likely N-dealkylation sites (tertiary alicyclic amines) is 2. The van der Waals surface area contributed by atoms with Gasteiger partial charge >= 0.3 is 5.97 Å². The Hall–Kier alpha value is -3.93. The van der Waals surface area contributed by atoms with E-state index in [9.17, 15) is 24.3 Å². The maximum absolute atomic E-state index is 13.5. The number of carboxylic acids is 1. The van der Waals surface area contributed by atoms with Crippen LogP contribution in [0.25, 0.3) is 10.9 Å². The molecule has 2 aliphatic rings. The summed E-state index contributed by atoms with van der Waals surface area (Å²) in [5.74, 6) is -1.87. The number of hydrogen-bond acceptors (Lipinski definition) is 6. The molecule has 3 atom stereocenters. The van der Waals surface area contributed by atoms with Crippen LogP contribution in [-0.4, -0.2) is 105 Å². The number of nitrogens with two attached hydrogens (primary N) is 1. The van der Waals surface area contributed by atoms with Gasteiger partial charge in [0.2, 0.25) is 17.7 Å². The number of piperidine rings is 1. The van der Waals surface area contributed by atoms with E-state index in [1.54, 1.807) is 4.90 Å². The van der Waals surface area contributed by atoms with Crippen LogP contribution < -0.4 is 11.1 Å². The number of rotatable bonds is 14. The Morgan fingerprint density at radius 2 is 1.84 bits per heavy atom. The third-order valence-electron chi connectivity index (χ3n) is 9.16. The van der Waals surface area contributed by atoms with E-state index in [4.69, 9.17) is 11.1 Å². The van der Waals surface area contributed by atoms with Gasteiger partial charge in [0.05, 0.1) is 13.0 Å². The summed E-state index contributed by atoms with van der Waals surface area (Å²) in [6.07, 6.45) is 4.32. The number of carbonyl (C=O) groups excluding carboxylic acids is 3. The molecule has 1 aromatic carbocycles. The molecule has 2 aromatic rings. The van der Waals surface area contributed by atoms with Gasteiger partial charge in [0.25, 0.3) is 0 Å².